The van der Waals surface area contributed by atoms with Crippen LogP contribution in [0.25, 0.3) is 0 Å². The van der Waals surface area contributed by atoms with Crippen molar-refractivity contribution >= 4 is 11.8 Å². The lowest BCUT2D eigenvalue weighted by atomic mass is 10.1. The minimum absolute atomic E-state index is 0.209. The van der Waals surface area contributed by atoms with Crippen molar-refractivity contribution in [3.63, 3.8) is 0 Å². The molecule has 0 fully saturated rings. The maximum atomic E-state index is 10.9. The SMILES string of the molecule is COC/C=C/C1N=C(c2cccc(C(=O)O)c2)NO1. The van der Waals surface area contributed by atoms with E-state index >= 15 is 0 Å². The van der Waals surface area contributed by atoms with Gasteiger partial charge in [-0.1, -0.05) is 18.2 Å². The summed E-state index contributed by atoms with van der Waals surface area (Å²) < 4.78 is 4.88. The van der Waals surface area contributed by atoms with Crippen LogP contribution in [-0.2, 0) is 9.57 Å². The number of benzene rings is 1. The zero-order valence-electron chi connectivity index (χ0n) is 10.4. The topological polar surface area (TPSA) is 80.2 Å². The Morgan fingerprint density at radius 3 is 3.21 bits per heavy atom. The highest BCUT2D eigenvalue weighted by molar-refractivity contribution is 6.01. The first-order chi connectivity index (χ1) is 9.20. The number of aromatic carboxylic acids is 1. The predicted octanol–water partition coefficient (Wildman–Crippen LogP) is 1.19. The highest BCUT2D eigenvalue weighted by atomic mass is 16.7. The van der Waals surface area contributed by atoms with Crippen molar-refractivity contribution in [3.05, 3.63) is 47.5 Å². The Kier molecular flexibility index (Phi) is 4.27. The third-order valence-corrected chi connectivity index (χ3v) is 2.48. The minimum atomic E-state index is -0.974. The largest absolute Gasteiger partial charge is 0.478 e. The second-order valence-corrected chi connectivity index (χ2v) is 3.86. The van der Waals surface area contributed by atoms with Gasteiger partial charge in [-0.05, 0) is 18.2 Å². The summed E-state index contributed by atoms with van der Waals surface area (Å²) in [6, 6.07) is 6.50. The number of aliphatic imine (C=N–C) groups is 1. The van der Waals surface area contributed by atoms with Crippen molar-refractivity contribution in [2.75, 3.05) is 13.7 Å². The van der Waals surface area contributed by atoms with E-state index in [1.54, 1.807) is 37.5 Å². The van der Waals surface area contributed by atoms with Crippen molar-refractivity contribution < 1.29 is 19.5 Å². The molecular weight excluding hydrogens is 248 g/mol. The number of carboxylic acid groups (broad SMARTS) is 1. The van der Waals surface area contributed by atoms with Gasteiger partial charge in [-0.3, -0.25) is 0 Å². The fourth-order valence-corrected chi connectivity index (χ4v) is 1.58. The molecule has 6 heteroatoms. The van der Waals surface area contributed by atoms with Crippen LogP contribution in [0.15, 0.2) is 41.4 Å². The van der Waals surface area contributed by atoms with E-state index in [0.29, 0.717) is 18.0 Å². The molecule has 1 aromatic carbocycles. The molecule has 6 nitrogen and oxygen atoms in total. The molecule has 1 atom stereocenters. The molecule has 1 aliphatic rings. The second-order valence-electron chi connectivity index (χ2n) is 3.86. The quantitative estimate of drug-likeness (QED) is 0.779. The standard InChI is InChI=1S/C13H14N2O4/c1-18-7-3-6-11-14-12(15-19-11)9-4-2-5-10(8-9)13(16)17/h2-6,8,11H,7H2,1H3,(H,14,15)(H,16,17)/b6-3+. The van der Waals surface area contributed by atoms with Crippen molar-refractivity contribution in [1.82, 2.24) is 5.48 Å². The van der Waals surface area contributed by atoms with Crippen LogP contribution in [0, 0.1) is 0 Å². The van der Waals surface area contributed by atoms with Gasteiger partial charge >= 0.3 is 5.97 Å². The molecule has 19 heavy (non-hydrogen) atoms. The van der Waals surface area contributed by atoms with Crippen LogP contribution in [0.2, 0.25) is 0 Å². The van der Waals surface area contributed by atoms with E-state index in [2.05, 4.69) is 10.5 Å². The van der Waals surface area contributed by atoms with Crippen molar-refractivity contribution in [2.45, 2.75) is 6.23 Å². The van der Waals surface area contributed by atoms with Gasteiger partial charge in [0.1, 0.15) is 0 Å². The zero-order valence-corrected chi connectivity index (χ0v) is 10.4. The number of hydroxylamine groups is 1. The number of carboxylic acids is 1. The van der Waals surface area contributed by atoms with E-state index in [1.807, 2.05) is 0 Å². The molecular formula is C13H14N2O4. The van der Waals surface area contributed by atoms with E-state index < -0.39 is 12.2 Å². The number of hydrogen-bond donors (Lipinski definition) is 2. The maximum absolute atomic E-state index is 10.9. The Bertz CT molecular complexity index is 525. The molecule has 2 N–H and O–H groups in total. The minimum Gasteiger partial charge on any atom is -0.478 e. The van der Waals surface area contributed by atoms with Crippen molar-refractivity contribution in [1.29, 1.82) is 0 Å². The molecule has 0 saturated carbocycles. The highest BCUT2D eigenvalue weighted by Crippen LogP contribution is 2.11. The average Bonchev–Trinajstić information content (AvgIpc) is 2.88. The molecule has 100 valence electrons. The fourth-order valence-electron chi connectivity index (χ4n) is 1.58. The van der Waals surface area contributed by atoms with Crippen LogP contribution in [-0.4, -0.2) is 36.9 Å². The van der Waals surface area contributed by atoms with E-state index in [-0.39, 0.29) is 5.56 Å². The van der Waals surface area contributed by atoms with Crippen LogP contribution in [0.5, 0.6) is 0 Å². The van der Waals surface area contributed by atoms with Gasteiger partial charge in [-0.2, -0.15) is 0 Å². The van der Waals surface area contributed by atoms with Gasteiger partial charge in [0.05, 0.1) is 12.2 Å². The smallest absolute Gasteiger partial charge is 0.335 e. The van der Waals surface area contributed by atoms with Crippen LogP contribution in [0.3, 0.4) is 0 Å². The lowest BCUT2D eigenvalue weighted by molar-refractivity contribution is 0.0671. The molecule has 0 bridgehead atoms. The summed E-state index contributed by atoms with van der Waals surface area (Å²) in [4.78, 5) is 20.4. The fraction of sp³-hybridized carbons (Fsp3) is 0.231. The first-order valence-electron chi connectivity index (χ1n) is 5.69. The van der Waals surface area contributed by atoms with Crippen molar-refractivity contribution in [3.8, 4) is 0 Å². The van der Waals surface area contributed by atoms with Crippen molar-refractivity contribution in [2.24, 2.45) is 4.99 Å². The molecule has 1 aromatic rings. The molecule has 1 aliphatic heterocycles. The van der Waals surface area contributed by atoms with E-state index in [4.69, 9.17) is 14.7 Å². The first-order valence-corrected chi connectivity index (χ1v) is 5.69. The Labute approximate surface area is 110 Å². The monoisotopic (exact) mass is 262 g/mol. The van der Waals surface area contributed by atoms with Gasteiger partial charge in [0.15, 0.2) is 12.1 Å². The number of nitrogens with one attached hydrogen (secondary N) is 1. The number of ether oxygens (including phenoxy) is 1. The van der Waals surface area contributed by atoms with Crippen LogP contribution in [0.4, 0.5) is 0 Å². The van der Waals surface area contributed by atoms with Crippen LogP contribution < -0.4 is 5.48 Å². The van der Waals surface area contributed by atoms with Gasteiger partial charge < -0.3 is 9.84 Å². The summed E-state index contributed by atoms with van der Waals surface area (Å²) in [5.74, 6) is -0.465. The summed E-state index contributed by atoms with van der Waals surface area (Å²) in [7, 11) is 1.60. The Morgan fingerprint density at radius 1 is 1.63 bits per heavy atom. The molecule has 0 spiro atoms. The molecule has 0 aliphatic carbocycles. The summed E-state index contributed by atoms with van der Waals surface area (Å²) >= 11 is 0. The number of amidine groups is 1. The lowest BCUT2D eigenvalue weighted by Gasteiger charge is -2.01. The van der Waals surface area contributed by atoms with E-state index in [0.717, 1.165) is 0 Å². The maximum Gasteiger partial charge on any atom is 0.335 e. The molecule has 2 rings (SSSR count). The molecule has 1 unspecified atom stereocenters. The number of methoxy groups -OCH3 is 1. The average molecular weight is 262 g/mol. The lowest BCUT2D eigenvalue weighted by Crippen LogP contribution is -2.19. The van der Waals surface area contributed by atoms with Gasteiger partial charge in [0.2, 0.25) is 0 Å². The molecule has 0 radical (unpaired) electrons. The van der Waals surface area contributed by atoms with Gasteiger partial charge in [-0.15, -0.1) is 0 Å². The van der Waals surface area contributed by atoms with Gasteiger partial charge in [0.25, 0.3) is 0 Å². The second kappa shape index (κ2) is 6.12. The molecule has 0 aromatic heterocycles. The molecule has 0 amide bonds. The zero-order chi connectivity index (χ0) is 13.7. The van der Waals surface area contributed by atoms with E-state index in [9.17, 15) is 4.79 Å². The summed E-state index contributed by atoms with van der Waals surface area (Å²) in [6.07, 6.45) is 3.12. The normalized spacial score (nSPS) is 18.4. The third kappa shape index (κ3) is 3.40. The van der Waals surface area contributed by atoms with Crippen LogP contribution in [0.1, 0.15) is 15.9 Å². The molecule has 0 saturated heterocycles. The summed E-state index contributed by atoms with van der Waals surface area (Å²) in [5.41, 5.74) is 3.56. The highest BCUT2D eigenvalue weighted by Gasteiger charge is 2.17. The Morgan fingerprint density at radius 2 is 2.47 bits per heavy atom. The van der Waals surface area contributed by atoms with Crippen LogP contribution >= 0.6 is 0 Å². The summed E-state index contributed by atoms with van der Waals surface area (Å²) in [5, 5.41) is 8.93. The van der Waals surface area contributed by atoms with Gasteiger partial charge in [-0.25, -0.2) is 20.1 Å². The predicted molar refractivity (Wildman–Crippen MR) is 69.0 cm³/mol. The Balaban J connectivity index is 2.12. The first kappa shape index (κ1) is 13.3. The Hall–Kier alpha value is -2.18. The molecule has 1 heterocycles. The number of nitrogens with zero attached hydrogens (tertiary/aromatic N) is 1. The number of carbonyl (C=O) groups is 1. The number of rotatable bonds is 5. The van der Waals surface area contributed by atoms with E-state index in [1.165, 1.54) is 6.07 Å². The third-order valence-electron chi connectivity index (χ3n) is 2.48. The summed E-state index contributed by atoms with van der Waals surface area (Å²) in [6.45, 7) is 0.485. The number of hydrogen-bond acceptors (Lipinski definition) is 5. The van der Waals surface area contributed by atoms with Gasteiger partial charge in [0, 0.05) is 12.7 Å².